The fraction of sp³-hybridized carbons (Fsp3) is 0.176. The molecule has 0 spiro atoms. The number of anilines is 1. The molecule has 106 valence electrons. The van der Waals surface area contributed by atoms with Crippen molar-refractivity contribution in [3.63, 3.8) is 0 Å². The molecule has 2 aromatic rings. The molecule has 0 aromatic heterocycles. The molecule has 0 saturated carbocycles. The molecule has 1 aliphatic rings. The van der Waals surface area contributed by atoms with Gasteiger partial charge in [-0.25, -0.2) is 0 Å². The summed E-state index contributed by atoms with van der Waals surface area (Å²) in [5.41, 5.74) is 3.20. The molecular weight excluding hydrogens is 266 g/mol. The number of benzene rings is 2. The first kappa shape index (κ1) is 13.4. The van der Waals surface area contributed by atoms with Crippen LogP contribution in [0.15, 0.2) is 42.5 Å². The minimum atomic E-state index is -0.487. The van der Waals surface area contributed by atoms with E-state index in [9.17, 15) is 9.59 Å². The monoisotopic (exact) mass is 281 g/mol. The summed E-state index contributed by atoms with van der Waals surface area (Å²) in [7, 11) is 1.53. The van der Waals surface area contributed by atoms with E-state index in [4.69, 9.17) is 4.74 Å². The minimum absolute atomic E-state index is 0.393. The summed E-state index contributed by atoms with van der Waals surface area (Å²) in [5, 5.41) is 0. The Labute approximate surface area is 123 Å². The van der Waals surface area contributed by atoms with Gasteiger partial charge in [0.05, 0.1) is 24.9 Å². The van der Waals surface area contributed by atoms with Crippen molar-refractivity contribution >= 4 is 17.4 Å². The zero-order valence-corrected chi connectivity index (χ0v) is 11.9. The standard InChI is InChI=1S/C17H15NO3/c1-11-3-5-12(6-4-11)10-18-15-8-7-13(21-2)9-14(15)16(19)17(18)20/h3-9H,10H2,1-2H3. The number of carbonyl (C=O) groups is 2. The number of methoxy groups -OCH3 is 1. The second-order valence-corrected chi connectivity index (χ2v) is 5.09. The van der Waals surface area contributed by atoms with Gasteiger partial charge in [-0.2, -0.15) is 0 Å². The average molecular weight is 281 g/mol. The lowest BCUT2D eigenvalue weighted by molar-refractivity contribution is -0.114. The van der Waals surface area contributed by atoms with Crippen LogP contribution in [-0.4, -0.2) is 18.8 Å². The third kappa shape index (κ3) is 2.29. The third-order valence-corrected chi connectivity index (χ3v) is 3.64. The van der Waals surface area contributed by atoms with Gasteiger partial charge >= 0.3 is 0 Å². The maximum absolute atomic E-state index is 12.2. The second-order valence-electron chi connectivity index (χ2n) is 5.09. The predicted octanol–water partition coefficient (Wildman–Crippen LogP) is 2.73. The Balaban J connectivity index is 1.96. The number of hydrogen-bond acceptors (Lipinski definition) is 3. The van der Waals surface area contributed by atoms with E-state index >= 15 is 0 Å². The van der Waals surface area contributed by atoms with Crippen LogP contribution in [0.1, 0.15) is 21.5 Å². The number of ketones is 1. The van der Waals surface area contributed by atoms with Crippen LogP contribution in [-0.2, 0) is 11.3 Å². The van der Waals surface area contributed by atoms with Crippen LogP contribution in [0.4, 0.5) is 5.69 Å². The van der Waals surface area contributed by atoms with Gasteiger partial charge in [0.2, 0.25) is 0 Å². The number of rotatable bonds is 3. The van der Waals surface area contributed by atoms with Crippen LogP contribution in [0, 0.1) is 6.92 Å². The first-order valence-corrected chi connectivity index (χ1v) is 6.70. The molecule has 1 heterocycles. The maximum atomic E-state index is 12.2. The molecule has 0 bridgehead atoms. The van der Waals surface area contributed by atoms with E-state index in [2.05, 4.69) is 0 Å². The lowest BCUT2D eigenvalue weighted by Gasteiger charge is -2.16. The van der Waals surface area contributed by atoms with Gasteiger partial charge in [0.25, 0.3) is 11.7 Å². The number of aryl methyl sites for hydroxylation is 1. The van der Waals surface area contributed by atoms with Gasteiger partial charge in [0, 0.05) is 0 Å². The van der Waals surface area contributed by atoms with E-state index in [1.54, 1.807) is 18.2 Å². The summed E-state index contributed by atoms with van der Waals surface area (Å²) in [6.45, 7) is 2.40. The van der Waals surface area contributed by atoms with Gasteiger partial charge in [-0.15, -0.1) is 0 Å². The van der Waals surface area contributed by atoms with Crippen molar-refractivity contribution in [2.75, 3.05) is 12.0 Å². The highest BCUT2D eigenvalue weighted by Gasteiger charge is 2.35. The summed E-state index contributed by atoms with van der Waals surface area (Å²) in [6.07, 6.45) is 0. The Morgan fingerprint density at radius 1 is 1.05 bits per heavy atom. The van der Waals surface area contributed by atoms with Gasteiger partial charge in [-0.3, -0.25) is 9.59 Å². The van der Waals surface area contributed by atoms with Crippen LogP contribution in [0.5, 0.6) is 5.75 Å². The van der Waals surface area contributed by atoms with Crippen molar-refractivity contribution in [3.8, 4) is 5.75 Å². The molecule has 0 N–H and O–H groups in total. The zero-order chi connectivity index (χ0) is 15.0. The van der Waals surface area contributed by atoms with Gasteiger partial charge in [-0.1, -0.05) is 29.8 Å². The number of fused-ring (bicyclic) bond motifs is 1. The molecule has 1 aliphatic heterocycles. The van der Waals surface area contributed by atoms with Gasteiger partial charge in [-0.05, 0) is 30.7 Å². The smallest absolute Gasteiger partial charge is 0.299 e. The normalized spacial score (nSPS) is 13.5. The number of nitrogens with zero attached hydrogens (tertiary/aromatic N) is 1. The topological polar surface area (TPSA) is 46.6 Å². The van der Waals surface area contributed by atoms with Crippen LogP contribution in [0.25, 0.3) is 0 Å². The summed E-state index contributed by atoms with van der Waals surface area (Å²) in [4.78, 5) is 25.8. The van der Waals surface area contributed by atoms with Crippen molar-refractivity contribution in [1.82, 2.24) is 0 Å². The van der Waals surface area contributed by atoms with Crippen molar-refractivity contribution < 1.29 is 14.3 Å². The van der Waals surface area contributed by atoms with Crippen LogP contribution in [0.3, 0.4) is 0 Å². The second kappa shape index (κ2) is 5.05. The largest absolute Gasteiger partial charge is 0.497 e. The fourth-order valence-corrected chi connectivity index (χ4v) is 2.44. The SMILES string of the molecule is COc1ccc2c(c1)C(=O)C(=O)N2Cc1ccc(C)cc1. The lowest BCUT2D eigenvalue weighted by Crippen LogP contribution is -2.29. The van der Waals surface area contributed by atoms with Crippen molar-refractivity contribution in [2.45, 2.75) is 13.5 Å². The van der Waals surface area contributed by atoms with Crippen molar-refractivity contribution in [2.24, 2.45) is 0 Å². The van der Waals surface area contributed by atoms with Gasteiger partial charge in [0.1, 0.15) is 5.75 Å². The molecule has 2 aromatic carbocycles. The van der Waals surface area contributed by atoms with E-state index in [1.165, 1.54) is 12.0 Å². The maximum Gasteiger partial charge on any atom is 0.299 e. The first-order valence-electron chi connectivity index (χ1n) is 6.70. The highest BCUT2D eigenvalue weighted by molar-refractivity contribution is 6.52. The Morgan fingerprint density at radius 2 is 1.76 bits per heavy atom. The van der Waals surface area contributed by atoms with Crippen molar-refractivity contribution in [3.05, 3.63) is 59.2 Å². The number of ether oxygens (including phenoxy) is 1. The van der Waals surface area contributed by atoms with E-state index in [1.807, 2.05) is 31.2 Å². The summed E-state index contributed by atoms with van der Waals surface area (Å²) >= 11 is 0. The molecule has 0 atom stereocenters. The Morgan fingerprint density at radius 3 is 2.43 bits per heavy atom. The number of Topliss-reactive ketones (excluding diaryl/α,β-unsaturated/α-hetero) is 1. The number of amides is 1. The summed E-state index contributed by atoms with van der Waals surface area (Å²) in [6, 6.07) is 13.0. The van der Waals surface area contributed by atoms with E-state index in [0.717, 1.165) is 11.1 Å². The number of hydrogen-bond donors (Lipinski definition) is 0. The molecule has 0 saturated heterocycles. The molecule has 3 rings (SSSR count). The van der Waals surface area contributed by atoms with Gasteiger partial charge < -0.3 is 9.64 Å². The van der Waals surface area contributed by atoms with Crippen molar-refractivity contribution in [1.29, 1.82) is 0 Å². The van der Waals surface area contributed by atoms with E-state index in [-0.39, 0.29) is 0 Å². The molecule has 0 aliphatic carbocycles. The average Bonchev–Trinajstić information content (AvgIpc) is 2.74. The van der Waals surface area contributed by atoms with E-state index in [0.29, 0.717) is 23.5 Å². The molecule has 21 heavy (non-hydrogen) atoms. The minimum Gasteiger partial charge on any atom is -0.497 e. The van der Waals surface area contributed by atoms with Gasteiger partial charge in [0.15, 0.2) is 0 Å². The predicted molar refractivity (Wildman–Crippen MR) is 79.7 cm³/mol. The molecular formula is C17H15NO3. The molecule has 4 heteroatoms. The van der Waals surface area contributed by atoms with Crippen LogP contribution < -0.4 is 9.64 Å². The Hall–Kier alpha value is -2.62. The highest BCUT2D eigenvalue weighted by Crippen LogP contribution is 2.33. The lowest BCUT2D eigenvalue weighted by atomic mass is 10.1. The third-order valence-electron chi connectivity index (χ3n) is 3.64. The zero-order valence-electron chi connectivity index (χ0n) is 11.9. The molecule has 4 nitrogen and oxygen atoms in total. The Bertz CT molecular complexity index is 719. The van der Waals surface area contributed by atoms with Crippen LogP contribution >= 0.6 is 0 Å². The van der Waals surface area contributed by atoms with E-state index < -0.39 is 11.7 Å². The Kier molecular flexibility index (Phi) is 3.22. The molecule has 0 unspecified atom stereocenters. The molecule has 1 amide bonds. The number of carbonyl (C=O) groups excluding carboxylic acids is 2. The fourth-order valence-electron chi connectivity index (χ4n) is 2.44. The molecule has 0 fully saturated rings. The summed E-state index contributed by atoms with van der Waals surface area (Å²) in [5.74, 6) is -0.387. The summed E-state index contributed by atoms with van der Waals surface area (Å²) < 4.78 is 5.11. The quantitative estimate of drug-likeness (QED) is 0.813. The first-order chi connectivity index (χ1) is 10.1. The highest BCUT2D eigenvalue weighted by atomic mass is 16.5. The van der Waals surface area contributed by atoms with Crippen LogP contribution in [0.2, 0.25) is 0 Å². The molecule has 0 radical (unpaired) electrons.